The Morgan fingerprint density at radius 2 is 1.77 bits per heavy atom. The van der Waals surface area contributed by atoms with Crippen molar-refractivity contribution >= 4 is 17.3 Å². The number of ketones is 1. The first-order valence-electron chi connectivity index (χ1n) is 10.1. The Hall–Kier alpha value is -3.22. The lowest BCUT2D eigenvalue weighted by atomic mass is 10.1. The molecule has 0 atom stereocenters. The number of ether oxygens (including phenoxy) is 1. The zero-order valence-corrected chi connectivity index (χ0v) is 17.6. The van der Waals surface area contributed by atoms with Crippen LogP contribution in [0.25, 0.3) is 5.57 Å². The normalized spacial score (nSPS) is 12.8. The van der Waals surface area contributed by atoms with Crippen LogP contribution in [-0.4, -0.2) is 27.5 Å². The lowest BCUT2D eigenvalue weighted by molar-refractivity contribution is -0.138. The van der Waals surface area contributed by atoms with Gasteiger partial charge in [-0.05, 0) is 38.3 Å². The van der Waals surface area contributed by atoms with Crippen LogP contribution in [0.1, 0.15) is 44.0 Å². The maximum Gasteiger partial charge on any atom is 0.334 e. The zero-order valence-electron chi connectivity index (χ0n) is 17.6. The first kappa shape index (κ1) is 21.5. The van der Waals surface area contributed by atoms with Gasteiger partial charge < -0.3 is 4.74 Å². The smallest absolute Gasteiger partial charge is 0.334 e. The first-order chi connectivity index (χ1) is 14.3. The monoisotopic (exact) mass is 410 g/mol. The van der Waals surface area contributed by atoms with Crippen LogP contribution in [0.5, 0.6) is 0 Å². The minimum Gasteiger partial charge on any atom is -0.463 e. The molecule has 1 aromatic carbocycles. The summed E-state index contributed by atoms with van der Waals surface area (Å²) in [6.07, 6.45) is 0.888. The van der Waals surface area contributed by atoms with Gasteiger partial charge in [0.25, 0.3) is 5.56 Å². The molecule has 2 aromatic rings. The number of nitrogens with zero attached hydrogens (tertiary/aromatic N) is 2. The van der Waals surface area contributed by atoms with Gasteiger partial charge in [0.2, 0.25) is 0 Å². The van der Waals surface area contributed by atoms with E-state index in [0.29, 0.717) is 35.4 Å². The lowest BCUT2D eigenvalue weighted by Crippen LogP contribution is -2.43. The van der Waals surface area contributed by atoms with Crippen molar-refractivity contribution in [3.63, 3.8) is 0 Å². The van der Waals surface area contributed by atoms with Gasteiger partial charge in [-0.2, -0.15) is 0 Å². The van der Waals surface area contributed by atoms with Gasteiger partial charge in [0.1, 0.15) is 5.78 Å². The van der Waals surface area contributed by atoms with Crippen molar-refractivity contribution in [2.45, 2.75) is 53.1 Å². The van der Waals surface area contributed by atoms with Crippen molar-refractivity contribution in [2.24, 2.45) is 0 Å². The molecule has 0 bridgehead atoms. The molecule has 30 heavy (non-hydrogen) atoms. The highest BCUT2D eigenvalue weighted by Crippen LogP contribution is 2.30. The Morgan fingerprint density at radius 1 is 1.07 bits per heavy atom. The molecule has 0 amide bonds. The molecule has 0 aliphatic heterocycles. The quantitative estimate of drug-likeness (QED) is 0.622. The minimum absolute atomic E-state index is 0.0215. The average molecular weight is 410 g/mol. The second kappa shape index (κ2) is 9.07. The van der Waals surface area contributed by atoms with E-state index in [2.05, 4.69) is 0 Å². The highest BCUT2D eigenvalue weighted by molar-refractivity contribution is 6.00. The molecule has 0 saturated heterocycles. The fourth-order valence-electron chi connectivity index (χ4n) is 3.78. The van der Waals surface area contributed by atoms with E-state index in [1.54, 1.807) is 18.4 Å². The molecule has 1 aliphatic rings. The van der Waals surface area contributed by atoms with Gasteiger partial charge in [0, 0.05) is 37.2 Å². The summed E-state index contributed by atoms with van der Waals surface area (Å²) in [6.45, 7) is 5.48. The molecule has 3 rings (SSSR count). The Balaban J connectivity index is 2.09. The molecule has 7 heteroatoms. The van der Waals surface area contributed by atoms with Crippen LogP contribution in [0.3, 0.4) is 0 Å². The third-order valence-corrected chi connectivity index (χ3v) is 5.38. The van der Waals surface area contributed by atoms with Crippen LogP contribution in [0.2, 0.25) is 0 Å². The standard InChI is InChI=1S/C23H26N2O5/c1-4-30-22(28)18-14-19-20(16(18)3)21(27)25(12-10-15(2)26)23(29)24(19)13-11-17-8-6-5-7-9-17/h5-9H,4,10-14H2,1-3H3. The predicted octanol–water partition coefficient (Wildman–Crippen LogP) is 2.12. The summed E-state index contributed by atoms with van der Waals surface area (Å²) in [5.41, 5.74) is 2.01. The summed E-state index contributed by atoms with van der Waals surface area (Å²) in [5, 5.41) is 0. The molecule has 1 aromatic heterocycles. The number of hydrogen-bond acceptors (Lipinski definition) is 5. The van der Waals surface area contributed by atoms with Crippen molar-refractivity contribution in [3.8, 4) is 0 Å². The van der Waals surface area contributed by atoms with Gasteiger partial charge in [-0.1, -0.05) is 30.3 Å². The van der Waals surface area contributed by atoms with E-state index in [1.807, 2.05) is 30.3 Å². The van der Waals surface area contributed by atoms with E-state index in [1.165, 1.54) is 6.92 Å². The van der Waals surface area contributed by atoms with Gasteiger partial charge in [-0.25, -0.2) is 9.59 Å². The van der Waals surface area contributed by atoms with E-state index < -0.39 is 17.2 Å². The van der Waals surface area contributed by atoms with E-state index in [-0.39, 0.29) is 31.8 Å². The van der Waals surface area contributed by atoms with E-state index in [0.717, 1.165) is 10.1 Å². The van der Waals surface area contributed by atoms with Crippen LogP contribution in [0, 0.1) is 0 Å². The molecule has 7 nitrogen and oxygen atoms in total. The summed E-state index contributed by atoms with van der Waals surface area (Å²) in [5.74, 6) is -0.569. The molecule has 0 radical (unpaired) electrons. The third-order valence-electron chi connectivity index (χ3n) is 5.38. The minimum atomic E-state index is -0.469. The van der Waals surface area contributed by atoms with Gasteiger partial charge >= 0.3 is 11.7 Å². The van der Waals surface area contributed by atoms with Crippen LogP contribution < -0.4 is 11.2 Å². The molecule has 0 spiro atoms. The Labute approximate surface area is 174 Å². The SMILES string of the molecule is CCOC(=O)C1=C(C)c2c(n(CCc3ccccc3)c(=O)n(CCC(C)=O)c2=O)C1. The zero-order chi connectivity index (χ0) is 21.8. The van der Waals surface area contributed by atoms with Gasteiger partial charge in [0.15, 0.2) is 0 Å². The Morgan fingerprint density at radius 3 is 2.40 bits per heavy atom. The van der Waals surface area contributed by atoms with Crippen molar-refractivity contribution in [1.82, 2.24) is 9.13 Å². The maximum atomic E-state index is 13.2. The van der Waals surface area contributed by atoms with Gasteiger partial charge in [-0.3, -0.25) is 18.7 Å². The van der Waals surface area contributed by atoms with Crippen molar-refractivity contribution in [3.05, 3.63) is 73.6 Å². The van der Waals surface area contributed by atoms with Crippen LogP contribution >= 0.6 is 0 Å². The summed E-state index contributed by atoms with van der Waals surface area (Å²) in [7, 11) is 0. The number of fused-ring (bicyclic) bond motifs is 1. The third kappa shape index (κ3) is 4.20. The number of rotatable bonds is 8. The lowest BCUT2D eigenvalue weighted by Gasteiger charge is -2.16. The molecule has 1 aliphatic carbocycles. The van der Waals surface area contributed by atoms with Crippen molar-refractivity contribution in [1.29, 1.82) is 0 Å². The summed E-state index contributed by atoms with van der Waals surface area (Å²) in [4.78, 5) is 50.1. The van der Waals surface area contributed by atoms with Crippen molar-refractivity contribution < 1.29 is 14.3 Å². The molecule has 0 N–H and O–H groups in total. The van der Waals surface area contributed by atoms with E-state index in [4.69, 9.17) is 4.74 Å². The molecule has 0 saturated carbocycles. The summed E-state index contributed by atoms with van der Waals surface area (Å²) < 4.78 is 7.82. The number of aryl methyl sites for hydroxylation is 1. The van der Waals surface area contributed by atoms with Gasteiger partial charge in [-0.15, -0.1) is 0 Å². The topological polar surface area (TPSA) is 87.4 Å². The fourth-order valence-corrected chi connectivity index (χ4v) is 3.78. The van der Waals surface area contributed by atoms with Gasteiger partial charge in [0.05, 0.1) is 12.2 Å². The number of allylic oxidation sites excluding steroid dienone is 1. The largest absolute Gasteiger partial charge is 0.463 e. The Kier molecular flexibility index (Phi) is 6.50. The van der Waals surface area contributed by atoms with Crippen LogP contribution in [-0.2, 0) is 40.3 Å². The highest BCUT2D eigenvalue weighted by atomic mass is 16.5. The second-order valence-electron chi connectivity index (χ2n) is 7.40. The van der Waals surface area contributed by atoms with Crippen LogP contribution in [0.4, 0.5) is 0 Å². The molecule has 1 heterocycles. The van der Waals surface area contributed by atoms with Crippen molar-refractivity contribution in [2.75, 3.05) is 6.61 Å². The highest BCUT2D eigenvalue weighted by Gasteiger charge is 2.31. The maximum absolute atomic E-state index is 13.2. The van der Waals surface area contributed by atoms with E-state index >= 15 is 0 Å². The number of esters is 1. The Bertz CT molecular complexity index is 1120. The number of Topliss-reactive ketones (excluding diaryl/α,β-unsaturated/α-hetero) is 1. The van der Waals surface area contributed by atoms with E-state index in [9.17, 15) is 19.2 Å². The number of hydrogen-bond donors (Lipinski definition) is 0. The molecular formula is C23H26N2O5. The summed E-state index contributed by atoms with van der Waals surface area (Å²) in [6, 6.07) is 9.74. The molecule has 0 unspecified atom stereocenters. The second-order valence-corrected chi connectivity index (χ2v) is 7.40. The average Bonchev–Trinajstić information content (AvgIpc) is 3.06. The number of aromatic nitrogens is 2. The van der Waals surface area contributed by atoms with Crippen LogP contribution in [0.15, 0.2) is 45.5 Å². The number of carbonyl (C=O) groups excluding carboxylic acids is 2. The first-order valence-corrected chi connectivity index (χ1v) is 10.1. The molecule has 158 valence electrons. The molecule has 0 fully saturated rings. The molecular weight excluding hydrogens is 384 g/mol. The summed E-state index contributed by atoms with van der Waals surface area (Å²) >= 11 is 0. The fraction of sp³-hybridized carbons (Fsp3) is 0.391. The predicted molar refractivity (Wildman–Crippen MR) is 113 cm³/mol. The number of benzene rings is 1. The number of carbonyl (C=O) groups is 2.